The first-order valence-electron chi connectivity index (χ1n) is 11.3. The number of halogens is 1. The Hall–Kier alpha value is -3.52. The molecule has 1 aliphatic rings. The molecule has 1 fully saturated rings. The molecule has 1 aliphatic heterocycles. The van der Waals surface area contributed by atoms with E-state index in [9.17, 15) is 28.4 Å². The maximum Gasteiger partial charge on any atom is 0.459 e. The molecule has 206 valence electrons. The van der Waals surface area contributed by atoms with Crippen molar-refractivity contribution in [3.63, 3.8) is 0 Å². The van der Waals surface area contributed by atoms with Gasteiger partial charge in [0.15, 0.2) is 0 Å². The second kappa shape index (κ2) is 12.3. The fraction of sp³-hybridized carbons (Fsp3) is 0.476. The van der Waals surface area contributed by atoms with Crippen LogP contribution < -0.4 is 20.9 Å². The van der Waals surface area contributed by atoms with Crippen LogP contribution >= 0.6 is 7.75 Å². The average Bonchev–Trinajstić information content (AvgIpc) is 3.15. The molecule has 2 aromatic rings. The number of aliphatic hydroxyl groups excluding tert-OH is 1. The van der Waals surface area contributed by atoms with Crippen molar-refractivity contribution >= 4 is 13.7 Å². The van der Waals surface area contributed by atoms with Crippen molar-refractivity contribution in [2.24, 2.45) is 5.11 Å². The van der Waals surface area contributed by atoms with E-state index in [0.29, 0.717) is 10.8 Å². The molecule has 0 aliphatic carbocycles. The molecule has 17 heteroatoms. The first kappa shape index (κ1) is 29.0. The molecule has 1 saturated heterocycles. The van der Waals surface area contributed by atoms with Crippen molar-refractivity contribution < 1.29 is 37.4 Å². The summed E-state index contributed by atoms with van der Waals surface area (Å²) in [4.78, 5) is 40.2. The van der Waals surface area contributed by atoms with Gasteiger partial charge in [0, 0.05) is 4.91 Å². The van der Waals surface area contributed by atoms with Crippen LogP contribution in [0.25, 0.3) is 10.4 Å². The standard InChI is InChI=1S/C21H26FN6O9P/c1-11(2)35-20(31)12(3)26-38(33,37-13-7-5-4-6-8-13)34-10-15-17(29)16(25-27-23)19(36-15)28-9-14(22)18(30)24-21(28)32/h4-9,11-12,15-17,19,29H,10H2,1-3H3,(H,26,33)(H,24,30,32)/t12-,15-,16-,17-,19-,38-/m1/s1. The van der Waals surface area contributed by atoms with Crippen LogP contribution in [0.3, 0.4) is 0 Å². The highest BCUT2D eigenvalue weighted by Crippen LogP contribution is 2.46. The lowest BCUT2D eigenvalue weighted by Gasteiger charge is -2.25. The number of aliphatic hydroxyl groups is 1. The number of hydrogen-bond acceptors (Lipinski definition) is 10. The molecule has 3 N–H and O–H groups in total. The van der Waals surface area contributed by atoms with E-state index in [1.54, 1.807) is 37.0 Å². The number of carbonyl (C=O) groups is 1. The van der Waals surface area contributed by atoms with Crippen LogP contribution in [0.15, 0.2) is 51.2 Å². The summed E-state index contributed by atoms with van der Waals surface area (Å²) < 4.78 is 49.7. The summed E-state index contributed by atoms with van der Waals surface area (Å²) in [6.45, 7) is 3.99. The lowest BCUT2D eigenvalue weighted by molar-refractivity contribution is -0.149. The number of ether oxygens (including phenoxy) is 2. The second-order valence-electron chi connectivity index (χ2n) is 8.43. The highest BCUT2D eigenvalue weighted by Gasteiger charge is 2.46. The number of esters is 1. The Balaban J connectivity index is 1.84. The fourth-order valence-corrected chi connectivity index (χ4v) is 4.94. The van der Waals surface area contributed by atoms with Crippen molar-refractivity contribution in [1.29, 1.82) is 0 Å². The summed E-state index contributed by atoms with van der Waals surface area (Å²) in [5.41, 5.74) is 6.55. The molecule has 6 atom stereocenters. The van der Waals surface area contributed by atoms with Gasteiger partial charge in [0.2, 0.25) is 5.82 Å². The summed E-state index contributed by atoms with van der Waals surface area (Å²) in [6.07, 6.45) is -4.44. The minimum atomic E-state index is -4.35. The van der Waals surface area contributed by atoms with E-state index in [0.717, 1.165) is 0 Å². The number of para-hydroxylation sites is 1. The van der Waals surface area contributed by atoms with Crippen molar-refractivity contribution in [1.82, 2.24) is 14.6 Å². The lowest BCUT2D eigenvalue weighted by atomic mass is 10.1. The average molecular weight is 556 g/mol. The summed E-state index contributed by atoms with van der Waals surface area (Å²) in [7, 11) is -4.35. The maximum absolute atomic E-state index is 13.8. The van der Waals surface area contributed by atoms with Crippen molar-refractivity contribution in [3.05, 3.63) is 73.6 Å². The second-order valence-corrected chi connectivity index (χ2v) is 10.1. The zero-order valence-electron chi connectivity index (χ0n) is 20.5. The van der Waals surface area contributed by atoms with Crippen LogP contribution in [0.2, 0.25) is 0 Å². The summed E-state index contributed by atoms with van der Waals surface area (Å²) >= 11 is 0. The molecular weight excluding hydrogens is 530 g/mol. The Morgan fingerprint density at radius 3 is 2.66 bits per heavy atom. The number of azide groups is 1. The van der Waals surface area contributed by atoms with E-state index >= 15 is 0 Å². The molecule has 0 saturated carbocycles. The number of aromatic amines is 1. The molecule has 0 unspecified atom stereocenters. The number of carbonyl (C=O) groups excluding carboxylic acids is 1. The predicted molar refractivity (Wildman–Crippen MR) is 129 cm³/mol. The number of nitrogens with zero attached hydrogens (tertiary/aromatic N) is 4. The third-order valence-corrected chi connectivity index (χ3v) is 6.80. The van der Waals surface area contributed by atoms with Gasteiger partial charge in [-0.3, -0.25) is 23.7 Å². The quantitative estimate of drug-likeness (QED) is 0.120. The van der Waals surface area contributed by atoms with Gasteiger partial charge in [-0.05, 0) is 38.4 Å². The van der Waals surface area contributed by atoms with Crippen molar-refractivity contribution in [3.8, 4) is 5.75 Å². The molecular formula is C21H26FN6O9P. The minimum Gasteiger partial charge on any atom is -0.462 e. The Labute approximate surface area is 214 Å². The highest BCUT2D eigenvalue weighted by molar-refractivity contribution is 7.52. The van der Waals surface area contributed by atoms with E-state index in [4.69, 9.17) is 24.1 Å². The van der Waals surface area contributed by atoms with E-state index < -0.39 is 74.0 Å². The van der Waals surface area contributed by atoms with Crippen molar-refractivity contribution in [2.75, 3.05) is 6.61 Å². The molecule has 38 heavy (non-hydrogen) atoms. The van der Waals surface area contributed by atoms with Gasteiger partial charge < -0.3 is 19.1 Å². The zero-order valence-corrected chi connectivity index (χ0v) is 21.4. The van der Waals surface area contributed by atoms with Gasteiger partial charge in [-0.1, -0.05) is 23.3 Å². The van der Waals surface area contributed by atoms with Crippen LogP contribution in [0, 0.1) is 5.82 Å². The lowest BCUT2D eigenvalue weighted by Crippen LogP contribution is -2.38. The van der Waals surface area contributed by atoms with Crippen LogP contribution in [0.4, 0.5) is 4.39 Å². The fourth-order valence-electron chi connectivity index (χ4n) is 3.44. The molecule has 1 aromatic carbocycles. The molecule has 0 spiro atoms. The van der Waals surface area contributed by atoms with Gasteiger partial charge in [0.1, 0.15) is 30.2 Å². The third kappa shape index (κ3) is 7.07. The van der Waals surface area contributed by atoms with E-state index in [-0.39, 0.29) is 5.75 Å². The summed E-state index contributed by atoms with van der Waals surface area (Å²) in [6, 6.07) is 5.27. The molecule has 0 bridgehead atoms. The largest absolute Gasteiger partial charge is 0.462 e. The molecule has 1 aromatic heterocycles. The van der Waals surface area contributed by atoms with E-state index in [1.165, 1.54) is 19.1 Å². The number of rotatable bonds is 11. The van der Waals surface area contributed by atoms with Crippen molar-refractivity contribution in [2.45, 2.75) is 57.4 Å². The summed E-state index contributed by atoms with van der Waals surface area (Å²) in [5.74, 6) is -1.93. The normalized spacial score (nSPS) is 23.3. The number of H-pyrrole nitrogens is 1. The van der Waals surface area contributed by atoms with E-state index in [2.05, 4.69) is 15.1 Å². The monoisotopic (exact) mass is 556 g/mol. The molecule has 15 nitrogen and oxygen atoms in total. The Morgan fingerprint density at radius 2 is 2.03 bits per heavy atom. The van der Waals surface area contributed by atoms with Gasteiger partial charge in [0.25, 0.3) is 5.56 Å². The Morgan fingerprint density at radius 1 is 1.34 bits per heavy atom. The number of nitrogens with one attached hydrogen (secondary N) is 2. The van der Waals surface area contributed by atoms with Crippen LogP contribution in [0.5, 0.6) is 5.75 Å². The van der Waals surface area contributed by atoms with Gasteiger partial charge in [-0.2, -0.15) is 9.48 Å². The predicted octanol–water partition coefficient (Wildman–Crippen LogP) is 1.75. The smallest absolute Gasteiger partial charge is 0.459 e. The highest BCUT2D eigenvalue weighted by atomic mass is 31.2. The first-order valence-corrected chi connectivity index (χ1v) is 12.8. The van der Waals surface area contributed by atoms with E-state index in [1.807, 2.05) is 0 Å². The minimum absolute atomic E-state index is 0.126. The van der Waals surface area contributed by atoms with Gasteiger partial charge in [0.05, 0.1) is 25.0 Å². The van der Waals surface area contributed by atoms with Gasteiger partial charge >= 0.3 is 19.4 Å². The van der Waals surface area contributed by atoms with Crippen LogP contribution in [-0.4, -0.2) is 57.6 Å². The molecule has 0 amide bonds. The van der Waals surface area contributed by atoms with Gasteiger partial charge in [-0.25, -0.2) is 9.36 Å². The van der Waals surface area contributed by atoms with Crippen LogP contribution in [0.1, 0.15) is 27.0 Å². The number of aromatic nitrogens is 2. The topological polar surface area (TPSA) is 207 Å². The Bertz CT molecular complexity index is 1350. The summed E-state index contributed by atoms with van der Waals surface area (Å²) in [5, 5.41) is 16.6. The number of benzene rings is 1. The SMILES string of the molecule is CC(C)OC(=O)[C@@H](C)N[P@@](=O)(OC[C@H]1O[C@@H](n2cc(F)c(=O)[nH]c2=O)[C@H](N=[N+]=[N-])[C@@H]1O)Oc1ccccc1. The Kier molecular flexibility index (Phi) is 9.44. The van der Waals surface area contributed by atoms with Gasteiger partial charge in [-0.15, -0.1) is 0 Å². The third-order valence-electron chi connectivity index (χ3n) is 5.16. The zero-order chi connectivity index (χ0) is 28.0. The van der Waals surface area contributed by atoms with Crippen LogP contribution in [-0.2, 0) is 23.4 Å². The molecule has 0 radical (unpaired) electrons. The maximum atomic E-state index is 13.8. The molecule has 2 heterocycles. The first-order chi connectivity index (χ1) is 17.9. The molecule has 3 rings (SSSR count). The number of hydrogen-bond donors (Lipinski definition) is 3.